The average molecular weight is 368 g/mol. The van der Waals surface area contributed by atoms with Crippen molar-refractivity contribution in [1.29, 1.82) is 0 Å². The minimum absolute atomic E-state index is 0.167. The number of aliphatic carboxylic acids is 1. The number of benzene rings is 1. The van der Waals surface area contributed by atoms with Crippen LogP contribution in [0, 0.1) is 0 Å². The van der Waals surface area contributed by atoms with Gasteiger partial charge in [0.25, 0.3) is 0 Å². The van der Waals surface area contributed by atoms with Crippen LogP contribution in [0.3, 0.4) is 0 Å². The predicted molar refractivity (Wildman–Crippen MR) is 97.9 cm³/mol. The molecule has 1 saturated carbocycles. The fourth-order valence-electron chi connectivity index (χ4n) is 4.00. The van der Waals surface area contributed by atoms with Gasteiger partial charge in [-0.1, -0.05) is 30.3 Å². The SMILES string of the molecule is O=C(O)CNC(O)C1=C(O)c2c(-c3ccccc3)ccn2C2(CCC2)C1=O. The van der Waals surface area contributed by atoms with Crippen molar-refractivity contribution >= 4 is 17.5 Å². The zero-order valence-corrected chi connectivity index (χ0v) is 14.6. The van der Waals surface area contributed by atoms with E-state index in [1.54, 1.807) is 6.20 Å². The molecular formula is C20H20N2O5. The highest BCUT2D eigenvalue weighted by molar-refractivity contribution is 6.10. The Morgan fingerprint density at radius 2 is 1.93 bits per heavy atom. The molecule has 1 spiro atoms. The first-order valence-electron chi connectivity index (χ1n) is 8.84. The maximum atomic E-state index is 13.1. The van der Waals surface area contributed by atoms with E-state index in [0.29, 0.717) is 18.5 Å². The lowest BCUT2D eigenvalue weighted by Crippen LogP contribution is -2.54. The molecule has 1 fully saturated rings. The number of carboxylic acid groups (broad SMARTS) is 1. The number of carbonyl (C=O) groups excluding carboxylic acids is 1. The summed E-state index contributed by atoms with van der Waals surface area (Å²) in [4.78, 5) is 23.9. The zero-order chi connectivity index (χ0) is 19.2. The number of ketones is 1. The lowest BCUT2D eigenvalue weighted by atomic mass is 9.69. The number of hydrogen-bond donors (Lipinski definition) is 4. The van der Waals surface area contributed by atoms with E-state index in [4.69, 9.17) is 5.11 Å². The van der Waals surface area contributed by atoms with Crippen molar-refractivity contribution in [1.82, 2.24) is 9.88 Å². The van der Waals surface area contributed by atoms with Crippen molar-refractivity contribution in [3.63, 3.8) is 0 Å². The second-order valence-corrected chi connectivity index (χ2v) is 6.97. The fourth-order valence-corrected chi connectivity index (χ4v) is 4.00. The number of nitrogens with one attached hydrogen (secondary N) is 1. The molecule has 2 aliphatic rings. The van der Waals surface area contributed by atoms with E-state index in [-0.39, 0.29) is 17.1 Å². The van der Waals surface area contributed by atoms with E-state index in [1.807, 2.05) is 41.0 Å². The molecule has 140 valence electrons. The van der Waals surface area contributed by atoms with Crippen LogP contribution >= 0.6 is 0 Å². The largest absolute Gasteiger partial charge is 0.505 e. The second kappa shape index (κ2) is 6.37. The van der Waals surface area contributed by atoms with Crippen molar-refractivity contribution in [3.05, 3.63) is 53.9 Å². The molecule has 0 saturated heterocycles. The standard InChI is InChI=1S/C20H20N2O5/c23-14(24)11-21-19(27)15-17(25)16-13(12-5-2-1-3-6-12)7-10-22(16)20(18(15)26)8-4-9-20/h1-3,5-7,10,19,21,25,27H,4,8-9,11H2,(H,23,24). The number of hydrogen-bond acceptors (Lipinski definition) is 5. The Balaban J connectivity index is 1.86. The van der Waals surface area contributed by atoms with Gasteiger partial charge in [-0.3, -0.25) is 14.9 Å². The molecule has 0 bridgehead atoms. The van der Waals surface area contributed by atoms with Gasteiger partial charge in [-0.05, 0) is 30.9 Å². The first-order valence-corrected chi connectivity index (χ1v) is 8.84. The third-order valence-corrected chi connectivity index (χ3v) is 5.48. The molecule has 7 nitrogen and oxygen atoms in total. The Labute approximate surface area is 155 Å². The van der Waals surface area contributed by atoms with Crippen molar-refractivity contribution in [2.24, 2.45) is 0 Å². The summed E-state index contributed by atoms with van der Waals surface area (Å²) in [7, 11) is 0. The molecule has 1 aromatic carbocycles. The van der Waals surface area contributed by atoms with Gasteiger partial charge in [0.2, 0.25) is 0 Å². The summed E-state index contributed by atoms with van der Waals surface area (Å²) in [6, 6.07) is 11.3. The van der Waals surface area contributed by atoms with Gasteiger partial charge in [-0.2, -0.15) is 0 Å². The minimum Gasteiger partial charge on any atom is -0.505 e. The third kappa shape index (κ3) is 2.58. The van der Waals surface area contributed by atoms with Crippen molar-refractivity contribution in [3.8, 4) is 11.1 Å². The van der Waals surface area contributed by atoms with Gasteiger partial charge in [0.1, 0.15) is 11.8 Å². The molecular weight excluding hydrogens is 348 g/mol. The van der Waals surface area contributed by atoms with Crippen LogP contribution in [0.4, 0.5) is 0 Å². The number of carbonyl (C=O) groups is 2. The first kappa shape index (κ1) is 17.5. The minimum atomic E-state index is -1.56. The van der Waals surface area contributed by atoms with Crippen LogP contribution in [0.25, 0.3) is 16.9 Å². The smallest absolute Gasteiger partial charge is 0.317 e. The summed E-state index contributed by atoms with van der Waals surface area (Å²) >= 11 is 0. The number of rotatable bonds is 5. The molecule has 1 aliphatic heterocycles. The molecule has 4 rings (SSSR count). The predicted octanol–water partition coefficient (Wildman–Crippen LogP) is 1.88. The van der Waals surface area contributed by atoms with Crippen LogP contribution in [0.2, 0.25) is 0 Å². The number of aliphatic hydroxyl groups excluding tert-OH is 2. The maximum absolute atomic E-state index is 13.1. The summed E-state index contributed by atoms with van der Waals surface area (Å²) < 4.78 is 1.81. The van der Waals surface area contributed by atoms with Crippen LogP contribution in [0.1, 0.15) is 25.0 Å². The van der Waals surface area contributed by atoms with E-state index in [0.717, 1.165) is 17.5 Å². The Morgan fingerprint density at radius 1 is 1.22 bits per heavy atom. The number of fused-ring (bicyclic) bond motifs is 2. The normalized spacial score (nSPS) is 18.9. The van der Waals surface area contributed by atoms with Gasteiger partial charge in [0.05, 0.1) is 17.8 Å². The molecule has 0 radical (unpaired) electrons. The molecule has 2 aromatic rings. The molecule has 4 N–H and O–H groups in total. The lowest BCUT2D eigenvalue weighted by molar-refractivity contribution is -0.137. The second-order valence-electron chi connectivity index (χ2n) is 6.97. The van der Waals surface area contributed by atoms with Gasteiger partial charge in [0.15, 0.2) is 11.5 Å². The quantitative estimate of drug-likeness (QED) is 0.600. The third-order valence-electron chi connectivity index (χ3n) is 5.48. The highest BCUT2D eigenvalue weighted by atomic mass is 16.4. The number of Topliss-reactive ketones (excluding diaryl/α,β-unsaturated/α-hetero) is 1. The van der Waals surface area contributed by atoms with Crippen LogP contribution in [0.15, 0.2) is 48.2 Å². The lowest BCUT2D eigenvalue weighted by Gasteiger charge is -2.46. The number of nitrogens with zero attached hydrogens (tertiary/aromatic N) is 1. The average Bonchev–Trinajstić information content (AvgIpc) is 3.05. The van der Waals surface area contributed by atoms with Gasteiger partial charge in [-0.15, -0.1) is 0 Å². The van der Waals surface area contributed by atoms with E-state index in [9.17, 15) is 19.8 Å². The summed E-state index contributed by atoms with van der Waals surface area (Å²) in [5.74, 6) is -1.84. The Morgan fingerprint density at radius 3 is 2.52 bits per heavy atom. The van der Waals surface area contributed by atoms with E-state index < -0.39 is 24.3 Å². The molecule has 1 aromatic heterocycles. The first-order chi connectivity index (χ1) is 13.0. The molecule has 0 amide bonds. The highest BCUT2D eigenvalue weighted by Gasteiger charge is 2.53. The van der Waals surface area contributed by atoms with Crippen LogP contribution in [-0.4, -0.2) is 44.4 Å². The van der Waals surface area contributed by atoms with E-state index >= 15 is 0 Å². The van der Waals surface area contributed by atoms with Crippen molar-refractivity contribution in [2.75, 3.05) is 6.54 Å². The van der Waals surface area contributed by atoms with Crippen LogP contribution in [0.5, 0.6) is 0 Å². The zero-order valence-electron chi connectivity index (χ0n) is 14.6. The summed E-state index contributed by atoms with van der Waals surface area (Å²) in [6.07, 6.45) is 2.35. The van der Waals surface area contributed by atoms with Crippen LogP contribution in [-0.2, 0) is 15.1 Å². The topological polar surface area (TPSA) is 112 Å². The molecule has 27 heavy (non-hydrogen) atoms. The highest BCUT2D eigenvalue weighted by Crippen LogP contribution is 2.49. The van der Waals surface area contributed by atoms with Crippen molar-refractivity contribution in [2.45, 2.75) is 31.0 Å². The van der Waals surface area contributed by atoms with Crippen LogP contribution < -0.4 is 5.32 Å². The Kier molecular flexibility index (Phi) is 4.13. The number of aliphatic hydroxyl groups is 2. The van der Waals surface area contributed by atoms with Gasteiger partial charge >= 0.3 is 5.97 Å². The summed E-state index contributed by atoms with van der Waals surface area (Å²) in [6.45, 7) is -0.523. The van der Waals surface area contributed by atoms with E-state index in [1.165, 1.54) is 0 Å². The fraction of sp³-hybridized carbons (Fsp3) is 0.300. The molecule has 1 atom stereocenters. The van der Waals surface area contributed by atoms with Crippen molar-refractivity contribution < 1.29 is 24.9 Å². The number of aromatic nitrogens is 1. The summed E-state index contributed by atoms with van der Waals surface area (Å²) in [5, 5.41) is 32.5. The monoisotopic (exact) mass is 368 g/mol. The molecule has 2 heterocycles. The molecule has 7 heteroatoms. The molecule has 1 aliphatic carbocycles. The number of carboxylic acids is 1. The summed E-state index contributed by atoms with van der Waals surface area (Å²) in [5.41, 5.74) is 1.13. The van der Waals surface area contributed by atoms with E-state index in [2.05, 4.69) is 5.32 Å². The maximum Gasteiger partial charge on any atom is 0.317 e. The van der Waals surface area contributed by atoms with Gasteiger partial charge < -0.3 is 19.9 Å². The molecule has 1 unspecified atom stereocenters. The van der Waals surface area contributed by atoms with Gasteiger partial charge in [0, 0.05) is 11.8 Å². The Hall–Kier alpha value is -2.90. The van der Waals surface area contributed by atoms with Gasteiger partial charge in [-0.25, -0.2) is 0 Å². The Bertz CT molecular complexity index is 941.